The molecule has 2 aliphatic rings. The molecule has 5 aromatic rings. The van der Waals surface area contributed by atoms with Crippen molar-refractivity contribution in [3.8, 4) is 0 Å². The second-order valence-corrected chi connectivity index (χ2v) is 10.1. The topological polar surface area (TPSA) is 30.2 Å². The molecule has 2 aliphatic carbocycles. The van der Waals surface area contributed by atoms with Gasteiger partial charge in [-0.05, 0) is 88.2 Å². The van der Waals surface area contributed by atoms with E-state index in [4.69, 9.17) is 0 Å². The summed E-state index contributed by atoms with van der Waals surface area (Å²) in [5.41, 5.74) is 2.09. The molecule has 3 nitrogen and oxygen atoms in total. The first-order valence-electron chi connectivity index (χ1n) is 12.3. The number of hydrogen-bond acceptors (Lipinski definition) is 2. The van der Waals surface area contributed by atoms with Crippen LogP contribution in [0, 0.1) is 5.92 Å². The van der Waals surface area contributed by atoms with Gasteiger partial charge in [0.25, 0.3) is 0 Å². The van der Waals surface area contributed by atoms with Crippen LogP contribution < -0.4 is 0 Å². The Kier molecular flexibility index (Phi) is 4.51. The minimum Gasteiger partial charge on any atom is -0.286 e. The molecule has 0 saturated heterocycles. The smallest absolute Gasteiger partial charge is 0.286 e. The average Bonchev–Trinajstić information content (AvgIpc) is 3.60. The first kappa shape index (κ1) is 20.9. The van der Waals surface area contributed by atoms with E-state index < -0.39 is 11.7 Å². The zero-order valence-electron chi connectivity index (χ0n) is 19.1. The van der Waals surface area contributed by atoms with Crippen molar-refractivity contribution in [2.24, 2.45) is 5.92 Å². The molecule has 1 unspecified atom stereocenters. The van der Waals surface area contributed by atoms with Crippen molar-refractivity contribution in [1.82, 2.24) is 14.6 Å². The van der Waals surface area contributed by atoms with Crippen LogP contribution in [0.25, 0.3) is 27.2 Å². The lowest BCUT2D eigenvalue weighted by Crippen LogP contribution is -2.19. The fourth-order valence-corrected chi connectivity index (χ4v) is 6.00. The molecule has 0 bridgehead atoms. The van der Waals surface area contributed by atoms with Crippen LogP contribution in [0.2, 0.25) is 0 Å². The Morgan fingerprint density at radius 3 is 2.51 bits per heavy atom. The standard InChI is InChI=1S/C29H24F3N3/c30-29(31,32)27-23(13-14-35-26(15-17-5-6-17)33-34-28(27)35)20-8-10-22-19(16-20)9-12-24-21-4-2-1-3-18(21)7-11-25(22)24/h1-4,7,9,11-14,17,20H,5-6,8,10,15-16H2. The van der Waals surface area contributed by atoms with Crippen LogP contribution in [-0.4, -0.2) is 14.6 Å². The summed E-state index contributed by atoms with van der Waals surface area (Å²) in [5.74, 6) is 0.955. The summed E-state index contributed by atoms with van der Waals surface area (Å²) in [7, 11) is 0. The molecule has 0 N–H and O–H groups in total. The van der Waals surface area contributed by atoms with E-state index in [2.05, 4.69) is 46.6 Å². The summed E-state index contributed by atoms with van der Waals surface area (Å²) in [5, 5.41) is 13.0. The van der Waals surface area contributed by atoms with Gasteiger partial charge in [0.15, 0.2) is 5.65 Å². The molecule has 35 heavy (non-hydrogen) atoms. The van der Waals surface area contributed by atoms with Gasteiger partial charge in [0.1, 0.15) is 11.4 Å². The molecule has 0 spiro atoms. The number of fused-ring (bicyclic) bond motifs is 6. The highest BCUT2D eigenvalue weighted by Gasteiger charge is 2.40. The van der Waals surface area contributed by atoms with Crippen molar-refractivity contribution in [2.45, 2.75) is 50.6 Å². The van der Waals surface area contributed by atoms with E-state index in [-0.39, 0.29) is 11.6 Å². The molecule has 0 radical (unpaired) electrons. The van der Waals surface area contributed by atoms with E-state index in [1.54, 1.807) is 16.7 Å². The van der Waals surface area contributed by atoms with Crippen molar-refractivity contribution in [2.75, 3.05) is 0 Å². The number of pyridine rings is 1. The van der Waals surface area contributed by atoms with Crippen molar-refractivity contribution in [1.29, 1.82) is 0 Å². The van der Waals surface area contributed by atoms with E-state index in [9.17, 15) is 13.2 Å². The lowest BCUT2D eigenvalue weighted by Gasteiger charge is -2.28. The number of hydrogen-bond donors (Lipinski definition) is 0. The molecule has 2 aromatic heterocycles. The lowest BCUT2D eigenvalue weighted by molar-refractivity contribution is -0.137. The number of alkyl halides is 3. The van der Waals surface area contributed by atoms with Crippen LogP contribution >= 0.6 is 0 Å². The maximum Gasteiger partial charge on any atom is 0.420 e. The summed E-state index contributed by atoms with van der Waals surface area (Å²) in [6, 6.07) is 18.6. The molecule has 3 aromatic carbocycles. The first-order chi connectivity index (χ1) is 17.0. The van der Waals surface area contributed by atoms with Gasteiger partial charge in [-0.2, -0.15) is 13.2 Å². The maximum atomic E-state index is 14.4. The van der Waals surface area contributed by atoms with Crippen LogP contribution in [0.15, 0.2) is 60.8 Å². The van der Waals surface area contributed by atoms with Crippen LogP contribution in [0.1, 0.15) is 53.3 Å². The highest BCUT2D eigenvalue weighted by atomic mass is 19.4. The molecule has 1 atom stereocenters. The predicted octanol–water partition coefficient (Wildman–Crippen LogP) is 7.28. The molecule has 1 saturated carbocycles. The highest BCUT2D eigenvalue weighted by molar-refractivity contribution is 6.08. The number of nitrogens with zero attached hydrogens (tertiary/aromatic N) is 3. The molecule has 6 heteroatoms. The van der Waals surface area contributed by atoms with Gasteiger partial charge in [0.2, 0.25) is 0 Å². The second-order valence-electron chi connectivity index (χ2n) is 10.1. The summed E-state index contributed by atoms with van der Waals surface area (Å²) >= 11 is 0. The van der Waals surface area contributed by atoms with Crippen molar-refractivity contribution in [3.63, 3.8) is 0 Å². The van der Waals surface area contributed by atoms with Crippen LogP contribution in [0.5, 0.6) is 0 Å². The van der Waals surface area contributed by atoms with Crippen LogP contribution in [-0.2, 0) is 25.4 Å². The van der Waals surface area contributed by atoms with Crippen LogP contribution in [0.3, 0.4) is 0 Å². The van der Waals surface area contributed by atoms with Gasteiger partial charge < -0.3 is 0 Å². The maximum absolute atomic E-state index is 14.4. The number of aryl methyl sites for hydroxylation is 1. The third-order valence-corrected chi connectivity index (χ3v) is 7.92. The van der Waals surface area contributed by atoms with E-state index in [1.165, 1.54) is 27.1 Å². The number of benzene rings is 3. The third-order valence-electron chi connectivity index (χ3n) is 7.92. The van der Waals surface area contributed by atoms with Gasteiger partial charge in [-0.25, -0.2) is 0 Å². The number of halogens is 3. The molecule has 1 fully saturated rings. The van der Waals surface area contributed by atoms with Gasteiger partial charge in [-0.3, -0.25) is 4.40 Å². The fraction of sp³-hybridized carbons (Fsp3) is 0.310. The largest absolute Gasteiger partial charge is 0.420 e. The number of rotatable bonds is 3. The lowest BCUT2D eigenvalue weighted by atomic mass is 9.77. The van der Waals surface area contributed by atoms with Crippen molar-refractivity contribution >= 4 is 27.2 Å². The summed E-state index contributed by atoms with van der Waals surface area (Å²) in [6.07, 6.45) is 2.23. The minimum absolute atomic E-state index is 0.0542. The molecule has 2 heterocycles. The zero-order valence-corrected chi connectivity index (χ0v) is 19.1. The van der Waals surface area contributed by atoms with Gasteiger partial charge in [-0.15, -0.1) is 10.2 Å². The van der Waals surface area contributed by atoms with Gasteiger partial charge in [-0.1, -0.05) is 48.5 Å². The summed E-state index contributed by atoms with van der Waals surface area (Å²) in [6.45, 7) is 0. The third kappa shape index (κ3) is 3.41. The van der Waals surface area contributed by atoms with E-state index >= 15 is 0 Å². The van der Waals surface area contributed by atoms with E-state index in [1.807, 2.05) is 12.1 Å². The zero-order chi connectivity index (χ0) is 23.7. The Morgan fingerprint density at radius 1 is 0.857 bits per heavy atom. The Labute approximate surface area is 200 Å². The minimum atomic E-state index is -4.48. The Morgan fingerprint density at radius 2 is 1.69 bits per heavy atom. The molecular weight excluding hydrogens is 447 g/mol. The Bertz CT molecular complexity index is 1610. The predicted molar refractivity (Wildman–Crippen MR) is 131 cm³/mol. The summed E-state index contributed by atoms with van der Waals surface area (Å²) < 4.78 is 44.7. The van der Waals surface area contributed by atoms with Gasteiger partial charge >= 0.3 is 6.18 Å². The summed E-state index contributed by atoms with van der Waals surface area (Å²) in [4.78, 5) is 0. The van der Waals surface area contributed by atoms with Crippen molar-refractivity contribution < 1.29 is 13.2 Å². The quantitative estimate of drug-likeness (QED) is 0.259. The SMILES string of the molecule is FC(F)(F)c1c(C2CCc3c(ccc4c3ccc3ccccc34)C2)ccn2c(CC3CC3)nnc12. The first-order valence-corrected chi connectivity index (χ1v) is 12.3. The Hall–Kier alpha value is -3.41. The molecular formula is C29H24F3N3. The molecule has 0 aliphatic heterocycles. The molecule has 7 rings (SSSR count). The van der Waals surface area contributed by atoms with E-state index in [0.29, 0.717) is 36.6 Å². The average molecular weight is 472 g/mol. The highest BCUT2D eigenvalue weighted by Crippen LogP contribution is 2.44. The van der Waals surface area contributed by atoms with Gasteiger partial charge in [0.05, 0.1) is 0 Å². The molecule has 0 amide bonds. The monoisotopic (exact) mass is 471 g/mol. The van der Waals surface area contributed by atoms with Gasteiger partial charge in [0, 0.05) is 12.6 Å². The fourth-order valence-electron chi connectivity index (χ4n) is 6.00. The van der Waals surface area contributed by atoms with Crippen LogP contribution in [0.4, 0.5) is 13.2 Å². The second kappa shape index (κ2) is 7.54. The number of aromatic nitrogens is 3. The van der Waals surface area contributed by atoms with E-state index in [0.717, 1.165) is 24.8 Å². The Balaban J connectivity index is 1.31. The molecule has 176 valence electrons. The normalized spacial score (nSPS) is 18.4. The van der Waals surface area contributed by atoms with Crippen molar-refractivity contribution in [3.05, 3.63) is 88.9 Å².